The maximum Gasteiger partial charge on any atom is 0.309 e. The molecule has 2 aromatic heterocycles. The van der Waals surface area contributed by atoms with Crippen molar-refractivity contribution in [2.24, 2.45) is 5.92 Å². The minimum absolute atomic E-state index is 0.213. The maximum absolute atomic E-state index is 14.0. The third-order valence-corrected chi connectivity index (χ3v) is 6.27. The van der Waals surface area contributed by atoms with Gasteiger partial charge >= 0.3 is 5.97 Å². The third kappa shape index (κ3) is 3.99. The summed E-state index contributed by atoms with van der Waals surface area (Å²) in [6.45, 7) is 1.30. The maximum atomic E-state index is 14.0. The number of pyridine rings is 1. The first-order chi connectivity index (χ1) is 16.8. The molecule has 9 heteroatoms. The van der Waals surface area contributed by atoms with Crippen molar-refractivity contribution in [1.29, 1.82) is 0 Å². The highest BCUT2D eigenvalue weighted by Gasteiger charge is 2.38. The number of fused-ring (bicyclic) bond motifs is 2. The Hall–Kier alpha value is -4.27. The first-order valence-electron chi connectivity index (χ1n) is 11.0. The van der Waals surface area contributed by atoms with Crippen LogP contribution in [0.3, 0.4) is 0 Å². The number of carbonyl (C=O) groups is 2. The molecule has 2 atom stereocenters. The van der Waals surface area contributed by atoms with E-state index >= 15 is 0 Å². The van der Waals surface area contributed by atoms with Crippen molar-refractivity contribution in [3.05, 3.63) is 101 Å². The molecule has 2 heterocycles. The normalized spacial score (nSPS) is 16.8. The number of halogens is 2. The lowest BCUT2D eigenvalue weighted by Crippen LogP contribution is -2.35. The fourth-order valence-corrected chi connectivity index (χ4v) is 4.58. The molecule has 178 valence electrons. The van der Waals surface area contributed by atoms with Gasteiger partial charge in [-0.05, 0) is 48.7 Å². The van der Waals surface area contributed by atoms with Gasteiger partial charge < -0.3 is 15.2 Å². The van der Waals surface area contributed by atoms with E-state index in [1.807, 2.05) is 24.3 Å². The first kappa shape index (κ1) is 22.5. The predicted molar refractivity (Wildman–Crippen MR) is 122 cm³/mol. The second kappa shape index (κ2) is 8.83. The smallest absolute Gasteiger partial charge is 0.309 e. The number of aromatic nitrogens is 2. The van der Waals surface area contributed by atoms with Gasteiger partial charge in [-0.15, -0.1) is 0 Å². The van der Waals surface area contributed by atoms with Crippen LogP contribution in [0.5, 0.6) is 5.75 Å². The van der Waals surface area contributed by atoms with Crippen LogP contribution in [0.15, 0.2) is 60.8 Å². The molecule has 2 N–H and O–H groups in total. The Labute approximate surface area is 199 Å². The van der Waals surface area contributed by atoms with Crippen LogP contribution >= 0.6 is 0 Å². The zero-order chi connectivity index (χ0) is 24.7. The molecule has 0 spiro atoms. The fourth-order valence-electron chi connectivity index (χ4n) is 4.58. The van der Waals surface area contributed by atoms with Gasteiger partial charge in [-0.25, -0.2) is 13.8 Å². The summed E-state index contributed by atoms with van der Waals surface area (Å²) in [5.74, 6) is -3.46. The van der Waals surface area contributed by atoms with Gasteiger partial charge in [-0.1, -0.05) is 30.3 Å². The molecule has 0 fully saturated rings. The van der Waals surface area contributed by atoms with E-state index in [0.717, 1.165) is 23.3 Å². The second-order valence-electron chi connectivity index (χ2n) is 8.40. The van der Waals surface area contributed by atoms with E-state index in [4.69, 9.17) is 4.74 Å². The number of benzene rings is 2. The van der Waals surface area contributed by atoms with Crippen LogP contribution in [-0.4, -0.2) is 26.4 Å². The number of amides is 1. The second-order valence-corrected chi connectivity index (χ2v) is 8.40. The Bertz CT molecular complexity index is 1450. The minimum Gasteiger partial charge on any atom is -0.485 e. The summed E-state index contributed by atoms with van der Waals surface area (Å²) >= 11 is 0. The van der Waals surface area contributed by atoms with Crippen molar-refractivity contribution in [3.63, 3.8) is 0 Å². The van der Waals surface area contributed by atoms with Gasteiger partial charge in [0, 0.05) is 6.20 Å². The molecule has 1 aliphatic rings. The highest BCUT2D eigenvalue weighted by Crippen LogP contribution is 2.36. The molecule has 0 saturated carbocycles. The number of carbonyl (C=O) groups excluding carboxylic acids is 1. The number of ether oxygens (including phenoxy) is 1. The van der Waals surface area contributed by atoms with Crippen molar-refractivity contribution in [3.8, 4) is 5.75 Å². The number of hydrogen-bond acceptors (Lipinski definition) is 4. The summed E-state index contributed by atoms with van der Waals surface area (Å²) in [7, 11) is 0. The Kier molecular flexibility index (Phi) is 5.68. The molecular weight excluding hydrogens is 456 g/mol. The number of aliphatic carboxylic acids is 1. The molecule has 0 saturated heterocycles. The Morgan fingerprint density at radius 3 is 2.60 bits per heavy atom. The molecular formula is C26H21F2N3O4. The van der Waals surface area contributed by atoms with Crippen molar-refractivity contribution < 1.29 is 28.2 Å². The van der Waals surface area contributed by atoms with E-state index < -0.39 is 35.5 Å². The molecule has 1 aliphatic carbocycles. The van der Waals surface area contributed by atoms with E-state index in [1.54, 1.807) is 25.3 Å². The molecule has 7 nitrogen and oxygen atoms in total. The zero-order valence-corrected chi connectivity index (χ0v) is 18.7. The highest BCUT2D eigenvalue weighted by molar-refractivity contribution is 5.95. The molecule has 0 aliphatic heterocycles. The van der Waals surface area contributed by atoms with Gasteiger partial charge in [0.25, 0.3) is 5.91 Å². The molecule has 0 bridgehead atoms. The summed E-state index contributed by atoms with van der Waals surface area (Å²) in [6, 6.07) is 13.4. The summed E-state index contributed by atoms with van der Waals surface area (Å²) in [4.78, 5) is 29.7. The lowest BCUT2D eigenvalue weighted by Gasteiger charge is -2.19. The van der Waals surface area contributed by atoms with Gasteiger partial charge in [0.2, 0.25) is 0 Å². The highest BCUT2D eigenvalue weighted by atomic mass is 19.1. The number of nitrogens with zero attached hydrogens (tertiary/aromatic N) is 2. The number of hydrogen-bond donors (Lipinski definition) is 2. The van der Waals surface area contributed by atoms with Crippen molar-refractivity contribution >= 4 is 17.5 Å². The predicted octanol–water partition coefficient (Wildman–Crippen LogP) is 4.23. The zero-order valence-electron chi connectivity index (χ0n) is 18.7. The summed E-state index contributed by atoms with van der Waals surface area (Å²) in [5, 5.41) is 12.6. The Balaban J connectivity index is 1.45. The summed E-state index contributed by atoms with van der Waals surface area (Å²) in [5.41, 5.74) is 2.36. The summed E-state index contributed by atoms with van der Waals surface area (Å²) in [6.07, 6.45) is 1.95. The molecule has 2 aromatic carbocycles. The summed E-state index contributed by atoms with van der Waals surface area (Å²) < 4.78 is 35.2. The molecule has 0 unspecified atom stereocenters. The SMILES string of the molecule is Cc1nc2c(OCc3c(F)cccc3F)cccn2c1C(=O)N[C@@H]1c2ccccc2C[C@H]1C(=O)O. The van der Waals surface area contributed by atoms with Crippen LogP contribution in [0.25, 0.3) is 5.65 Å². The molecule has 1 amide bonds. The van der Waals surface area contributed by atoms with E-state index in [1.165, 1.54) is 10.5 Å². The van der Waals surface area contributed by atoms with Crippen LogP contribution in [0, 0.1) is 24.5 Å². The van der Waals surface area contributed by atoms with Crippen molar-refractivity contribution in [2.75, 3.05) is 0 Å². The third-order valence-electron chi connectivity index (χ3n) is 6.27. The molecule has 4 aromatic rings. The van der Waals surface area contributed by atoms with Crippen LogP contribution in [0.1, 0.15) is 38.9 Å². The largest absolute Gasteiger partial charge is 0.485 e. The number of nitrogens with one attached hydrogen (secondary N) is 1. The monoisotopic (exact) mass is 477 g/mol. The molecule has 35 heavy (non-hydrogen) atoms. The fraction of sp³-hybridized carbons (Fsp3) is 0.192. The Morgan fingerprint density at radius 2 is 1.86 bits per heavy atom. The van der Waals surface area contributed by atoms with Gasteiger partial charge in [-0.3, -0.25) is 14.0 Å². The average Bonchev–Trinajstić information content (AvgIpc) is 3.36. The molecule has 0 radical (unpaired) electrons. The van der Waals surface area contributed by atoms with Crippen LogP contribution in [0.2, 0.25) is 0 Å². The van der Waals surface area contributed by atoms with E-state index in [-0.39, 0.29) is 23.6 Å². The topological polar surface area (TPSA) is 92.9 Å². The number of carboxylic acids is 1. The lowest BCUT2D eigenvalue weighted by molar-refractivity contribution is -0.142. The number of carboxylic acid groups (broad SMARTS) is 1. The number of imidazole rings is 1. The van der Waals surface area contributed by atoms with Gasteiger partial charge in [0.05, 0.1) is 23.2 Å². The van der Waals surface area contributed by atoms with E-state index in [9.17, 15) is 23.5 Å². The number of aryl methyl sites for hydroxylation is 1. The van der Waals surface area contributed by atoms with Crippen LogP contribution in [0.4, 0.5) is 8.78 Å². The van der Waals surface area contributed by atoms with Crippen LogP contribution in [-0.2, 0) is 17.8 Å². The molecule has 5 rings (SSSR count). The van der Waals surface area contributed by atoms with Crippen molar-refractivity contribution in [2.45, 2.75) is 26.0 Å². The first-order valence-corrected chi connectivity index (χ1v) is 11.0. The van der Waals surface area contributed by atoms with Gasteiger partial charge in [0.1, 0.15) is 23.9 Å². The van der Waals surface area contributed by atoms with Crippen molar-refractivity contribution in [1.82, 2.24) is 14.7 Å². The lowest BCUT2D eigenvalue weighted by atomic mass is 10.0. The Morgan fingerprint density at radius 1 is 1.11 bits per heavy atom. The number of rotatable bonds is 6. The van der Waals surface area contributed by atoms with Crippen LogP contribution < -0.4 is 10.1 Å². The standard InChI is InChI=1S/C26H21F2N3O4/c1-14-23(25(32)30-22-16-7-3-2-6-15(16)12-17(22)26(33)34)31-11-5-10-21(24(31)29-14)35-13-18-19(27)8-4-9-20(18)28/h2-11,17,22H,12-13H2,1H3,(H,30,32)(H,33,34)/t17-,22-/m1/s1. The average molecular weight is 477 g/mol. The van der Waals surface area contributed by atoms with E-state index in [0.29, 0.717) is 17.8 Å². The quantitative estimate of drug-likeness (QED) is 0.434. The van der Waals surface area contributed by atoms with Gasteiger partial charge in [0.15, 0.2) is 11.4 Å². The van der Waals surface area contributed by atoms with Gasteiger partial charge in [-0.2, -0.15) is 0 Å². The van der Waals surface area contributed by atoms with E-state index in [2.05, 4.69) is 10.3 Å². The minimum atomic E-state index is -0.988.